The first-order valence-corrected chi connectivity index (χ1v) is 7.49. The summed E-state index contributed by atoms with van der Waals surface area (Å²) in [7, 11) is 1.43. The standard InChI is InChI=1S/C15H12F3N3OS/c1-8-5-3-4-6-10(8)19-13(22)11-7-9-12(15(16,17)18)20-21(2)14(9)23-11/h3-7H,1-2H3,(H,19,22). The lowest BCUT2D eigenvalue weighted by atomic mass is 10.2. The Kier molecular flexibility index (Phi) is 3.63. The number of aromatic nitrogens is 2. The molecule has 0 aliphatic rings. The Labute approximate surface area is 133 Å². The number of hydrogen-bond acceptors (Lipinski definition) is 3. The fourth-order valence-electron chi connectivity index (χ4n) is 2.26. The topological polar surface area (TPSA) is 46.9 Å². The highest BCUT2D eigenvalue weighted by atomic mass is 32.1. The average molecular weight is 339 g/mol. The summed E-state index contributed by atoms with van der Waals surface area (Å²) in [6.07, 6.45) is -4.55. The van der Waals surface area contributed by atoms with Crippen LogP contribution in [0, 0.1) is 6.92 Å². The molecule has 1 N–H and O–H groups in total. The summed E-state index contributed by atoms with van der Waals surface area (Å²) in [5.41, 5.74) is 0.532. The highest BCUT2D eigenvalue weighted by molar-refractivity contribution is 7.20. The van der Waals surface area contributed by atoms with Gasteiger partial charge in [-0.15, -0.1) is 11.3 Å². The van der Waals surface area contributed by atoms with Crippen molar-refractivity contribution >= 4 is 33.1 Å². The second-order valence-electron chi connectivity index (χ2n) is 5.07. The normalized spacial score (nSPS) is 11.9. The number of hydrogen-bond donors (Lipinski definition) is 1. The van der Waals surface area contributed by atoms with Crippen molar-refractivity contribution in [1.29, 1.82) is 0 Å². The molecule has 0 fully saturated rings. The first-order valence-electron chi connectivity index (χ1n) is 6.68. The van der Waals surface area contributed by atoms with Crippen LogP contribution in [0.1, 0.15) is 20.9 Å². The maximum atomic E-state index is 13.0. The summed E-state index contributed by atoms with van der Waals surface area (Å²) in [6.45, 7) is 1.84. The van der Waals surface area contributed by atoms with Crippen molar-refractivity contribution in [3.8, 4) is 0 Å². The van der Waals surface area contributed by atoms with E-state index in [1.165, 1.54) is 13.1 Å². The van der Waals surface area contributed by atoms with E-state index in [1.54, 1.807) is 12.1 Å². The number of anilines is 1. The average Bonchev–Trinajstić information content (AvgIpc) is 3.02. The second kappa shape index (κ2) is 5.38. The van der Waals surface area contributed by atoms with Gasteiger partial charge in [0.25, 0.3) is 5.91 Å². The van der Waals surface area contributed by atoms with E-state index in [-0.39, 0.29) is 10.3 Å². The number of aryl methyl sites for hydroxylation is 2. The van der Waals surface area contributed by atoms with Crippen molar-refractivity contribution in [3.05, 3.63) is 46.5 Å². The van der Waals surface area contributed by atoms with Gasteiger partial charge in [-0.3, -0.25) is 9.48 Å². The molecular weight excluding hydrogens is 327 g/mol. The molecule has 0 bridgehead atoms. The third-order valence-corrected chi connectivity index (χ3v) is 4.60. The molecule has 0 aliphatic carbocycles. The molecule has 3 rings (SSSR count). The predicted octanol–water partition coefficient (Wildman–Crippen LogP) is 4.21. The Morgan fingerprint density at radius 3 is 2.65 bits per heavy atom. The van der Waals surface area contributed by atoms with E-state index in [0.717, 1.165) is 21.6 Å². The van der Waals surface area contributed by atoms with Gasteiger partial charge in [0, 0.05) is 18.1 Å². The number of benzene rings is 1. The molecule has 23 heavy (non-hydrogen) atoms. The van der Waals surface area contributed by atoms with Gasteiger partial charge in [-0.25, -0.2) is 0 Å². The summed E-state index contributed by atoms with van der Waals surface area (Å²) < 4.78 is 40.1. The Hall–Kier alpha value is -2.35. The Morgan fingerprint density at radius 1 is 1.30 bits per heavy atom. The van der Waals surface area contributed by atoms with Crippen molar-refractivity contribution in [1.82, 2.24) is 9.78 Å². The SMILES string of the molecule is Cc1ccccc1NC(=O)c1cc2c(C(F)(F)F)nn(C)c2s1. The smallest absolute Gasteiger partial charge is 0.321 e. The largest absolute Gasteiger partial charge is 0.435 e. The van der Waals surface area contributed by atoms with E-state index in [2.05, 4.69) is 10.4 Å². The molecule has 3 aromatic rings. The Balaban J connectivity index is 1.98. The zero-order valence-corrected chi connectivity index (χ0v) is 13.0. The van der Waals surface area contributed by atoms with Crippen LogP contribution >= 0.6 is 11.3 Å². The van der Waals surface area contributed by atoms with Gasteiger partial charge in [-0.05, 0) is 24.6 Å². The molecule has 0 unspecified atom stereocenters. The number of fused-ring (bicyclic) bond motifs is 1. The van der Waals surface area contributed by atoms with E-state index in [0.29, 0.717) is 10.5 Å². The molecule has 0 saturated carbocycles. The second-order valence-corrected chi connectivity index (χ2v) is 6.10. The van der Waals surface area contributed by atoms with E-state index in [9.17, 15) is 18.0 Å². The van der Waals surface area contributed by atoms with Gasteiger partial charge in [0.1, 0.15) is 4.83 Å². The van der Waals surface area contributed by atoms with E-state index >= 15 is 0 Å². The van der Waals surface area contributed by atoms with Crippen molar-refractivity contribution in [2.45, 2.75) is 13.1 Å². The molecule has 0 radical (unpaired) electrons. The molecular formula is C15H12F3N3OS. The molecule has 0 spiro atoms. The van der Waals surface area contributed by atoms with Gasteiger partial charge in [0.15, 0.2) is 5.69 Å². The maximum Gasteiger partial charge on any atom is 0.435 e. The third kappa shape index (κ3) is 2.81. The maximum absolute atomic E-state index is 13.0. The molecule has 1 amide bonds. The van der Waals surface area contributed by atoms with Crippen LogP contribution in [-0.2, 0) is 13.2 Å². The molecule has 0 atom stereocenters. The fraction of sp³-hybridized carbons (Fsp3) is 0.200. The minimum Gasteiger partial charge on any atom is -0.321 e. The van der Waals surface area contributed by atoms with Crippen LogP contribution in [0.15, 0.2) is 30.3 Å². The van der Waals surface area contributed by atoms with E-state index < -0.39 is 17.8 Å². The molecule has 120 valence electrons. The summed E-state index contributed by atoms with van der Waals surface area (Å²) in [5.74, 6) is -0.436. The van der Waals surface area contributed by atoms with Gasteiger partial charge in [0.05, 0.1) is 4.88 Å². The molecule has 1 aromatic carbocycles. The van der Waals surface area contributed by atoms with Crippen molar-refractivity contribution < 1.29 is 18.0 Å². The lowest BCUT2D eigenvalue weighted by Gasteiger charge is -2.06. The molecule has 2 heterocycles. The number of halogens is 3. The molecule has 0 aliphatic heterocycles. The highest BCUT2D eigenvalue weighted by Gasteiger charge is 2.37. The molecule has 4 nitrogen and oxygen atoms in total. The first kappa shape index (κ1) is 15.5. The fourth-order valence-corrected chi connectivity index (χ4v) is 3.23. The highest BCUT2D eigenvalue weighted by Crippen LogP contribution is 2.37. The van der Waals surface area contributed by atoms with Gasteiger partial charge in [-0.2, -0.15) is 18.3 Å². The summed E-state index contributed by atoms with van der Waals surface area (Å²) in [6, 6.07) is 8.43. The minimum absolute atomic E-state index is 0.0556. The zero-order chi connectivity index (χ0) is 16.8. The van der Waals surface area contributed by atoms with Gasteiger partial charge in [-0.1, -0.05) is 18.2 Å². The van der Waals surface area contributed by atoms with Crippen LogP contribution in [0.3, 0.4) is 0 Å². The third-order valence-electron chi connectivity index (χ3n) is 3.40. The number of para-hydroxylation sites is 1. The monoisotopic (exact) mass is 339 g/mol. The number of rotatable bonds is 2. The number of alkyl halides is 3. The molecule has 2 aromatic heterocycles. The van der Waals surface area contributed by atoms with Crippen LogP contribution in [0.25, 0.3) is 10.2 Å². The van der Waals surface area contributed by atoms with Crippen molar-refractivity contribution in [2.75, 3.05) is 5.32 Å². The first-order chi connectivity index (χ1) is 10.8. The van der Waals surface area contributed by atoms with E-state index in [4.69, 9.17) is 0 Å². The Morgan fingerprint density at radius 2 is 2.00 bits per heavy atom. The number of nitrogens with one attached hydrogen (secondary N) is 1. The van der Waals surface area contributed by atoms with Crippen LogP contribution in [0.5, 0.6) is 0 Å². The van der Waals surface area contributed by atoms with E-state index in [1.807, 2.05) is 19.1 Å². The van der Waals surface area contributed by atoms with Gasteiger partial charge in [0.2, 0.25) is 0 Å². The number of carbonyl (C=O) groups is 1. The molecule has 0 saturated heterocycles. The lowest BCUT2D eigenvalue weighted by Crippen LogP contribution is -2.11. The zero-order valence-electron chi connectivity index (χ0n) is 12.2. The van der Waals surface area contributed by atoms with Gasteiger partial charge >= 0.3 is 6.18 Å². The van der Waals surface area contributed by atoms with Crippen LogP contribution in [-0.4, -0.2) is 15.7 Å². The molecule has 8 heteroatoms. The van der Waals surface area contributed by atoms with Crippen molar-refractivity contribution in [3.63, 3.8) is 0 Å². The van der Waals surface area contributed by atoms with Crippen LogP contribution in [0.4, 0.5) is 18.9 Å². The summed E-state index contributed by atoms with van der Waals surface area (Å²) in [5, 5.41) is 6.15. The number of amides is 1. The minimum atomic E-state index is -4.55. The van der Waals surface area contributed by atoms with Crippen LogP contribution in [0.2, 0.25) is 0 Å². The summed E-state index contributed by atoms with van der Waals surface area (Å²) >= 11 is 0.982. The lowest BCUT2D eigenvalue weighted by molar-refractivity contribution is -0.140. The predicted molar refractivity (Wildman–Crippen MR) is 82.7 cm³/mol. The Bertz CT molecular complexity index is 895. The van der Waals surface area contributed by atoms with Gasteiger partial charge < -0.3 is 5.32 Å². The quantitative estimate of drug-likeness (QED) is 0.760. The summed E-state index contributed by atoms with van der Waals surface area (Å²) in [4.78, 5) is 12.8. The number of nitrogens with zero attached hydrogens (tertiary/aromatic N) is 2. The number of thiophene rings is 1. The van der Waals surface area contributed by atoms with Crippen LogP contribution < -0.4 is 5.32 Å². The number of carbonyl (C=O) groups excluding carboxylic acids is 1. The van der Waals surface area contributed by atoms with Crippen molar-refractivity contribution in [2.24, 2.45) is 7.05 Å².